The molecule has 11 heteroatoms. The number of pyridine rings is 1. The number of nitrogens with one attached hydrogen (secondary N) is 1. The number of rotatable bonds is 7. The maximum Gasteiger partial charge on any atom is 0.435 e. The first kappa shape index (κ1) is 23.4. The zero-order valence-electron chi connectivity index (χ0n) is 17.5. The van der Waals surface area contributed by atoms with Crippen molar-refractivity contribution >= 4 is 10.0 Å². The number of aromatic nitrogens is 3. The number of halogens is 4. The average molecular weight is 490 g/mol. The van der Waals surface area contributed by atoms with Gasteiger partial charge < -0.3 is 0 Å². The van der Waals surface area contributed by atoms with Crippen LogP contribution in [0.5, 0.6) is 0 Å². The molecule has 2 heterocycles. The smallest absolute Gasteiger partial charge is 0.261 e. The first-order valence-electron chi connectivity index (χ1n) is 10.1. The maximum absolute atomic E-state index is 14.0. The predicted molar refractivity (Wildman–Crippen MR) is 117 cm³/mol. The number of hydrogen-bond acceptors (Lipinski definition) is 4. The number of benzene rings is 2. The Morgan fingerprint density at radius 2 is 1.56 bits per heavy atom. The lowest BCUT2D eigenvalue weighted by Gasteiger charge is -2.13. The van der Waals surface area contributed by atoms with Crippen LogP contribution >= 0.6 is 0 Å². The summed E-state index contributed by atoms with van der Waals surface area (Å²) in [7, 11) is -4.27. The molecular weight excluding hydrogens is 472 g/mol. The van der Waals surface area contributed by atoms with Crippen LogP contribution in [0.15, 0.2) is 83.9 Å². The number of nitrogens with zero attached hydrogens (tertiary/aromatic N) is 3. The van der Waals surface area contributed by atoms with Crippen molar-refractivity contribution in [1.29, 1.82) is 0 Å². The van der Waals surface area contributed by atoms with Crippen LogP contribution in [-0.2, 0) is 29.0 Å². The van der Waals surface area contributed by atoms with Crippen molar-refractivity contribution in [3.63, 3.8) is 0 Å². The van der Waals surface area contributed by atoms with Gasteiger partial charge in [-0.15, -0.1) is 5.10 Å². The van der Waals surface area contributed by atoms with Gasteiger partial charge in [0.1, 0.15) is 5.82 Å². The van der Waals surface area contributed by atoms with E-state index in [0.29, 0.717) is 10.5 Å². The predicted octanol–water partition coefficient (Wildman–Crippen LogP) is 4.82. The topological polar surface area (TPSA) is 76.9 Å². The lowest BCUT2D eigenvalue weighted by Crippen LogP contribution is -2.25. The third-order valence-electron chi connectivity index (χ3n) is 4.99. The molecule has 1 N–H and O–H groups in total. The van der Waals surface area contributed by atoms with E-state index in [1.54, 1.807) is 24.3 Å². The molecule has 0 atom stereocenters. The highest BCUT2D eigenvalue weighted by molar-refractivity contribution is 7.92. The molecule has 4 rings (SSSR count). The lowest BCUT2D eigenvalue weighted by molar-refractivity contribution is -0.142. The van der Waals surface area contributed by atoms with Gasteiger partial charge in [0.15, 0.2) is 5.69 Å². The monoisotopic (exact) mass is 490 g/mol. The van der Waals surface area contributed by atoms with E-state index in [2.05, 4.69) is 14.9 Å². The first-order valence-corrected chi connectivity index (χ1v) is 11.6. The second kappa shape index (κ2) is 9.26. The summed E-state index contributed by atoms with van der Waals surface area (Å²) in [6.45, 7) is 0. The molecule has 176 valence electrons. The Balaban J connectivity index is 1.86. The summed E-state index contributed by atoms with van der Waals surface area (Å²) in [5.74, 6) is -0.592. The van der Waals surface area contributed by atoms with Gasteiger partial charge in [-0.3, -0.25) is 4.98 Å². The van der Waals surface area contributed by atoms with Crippen molar-refractivity contribution in [3.8, 4) is 11.3 Å². The van der Waals surface area contributed by atoms with Gasteiger partial charge in [0, 0.05) is 23.0 Å². The van der Waals surface area contributed by atoms with Crippen LogP contribution in [0.3, 0.4) is 0 Å². The Bertz CT molecular complexity index is 1370. The minimum atomic E-state index is -4.86. The second-order valence-corrected chi connectivity index (χ2v) is 8.98. The summed E-state index contributed by atoms with van der Waals surface area (Å²) >= 11 is 0. The third-order valence-corrected chi connectivity index (χ3v) is 6.29. The standard InChI is InChI=1S/C23H18F4N4O2S/c24-17-11-9-16(10-12-17)21-20(14-13-18-6-4-5-15-28-18)22(23(25,26)27)29-31(21)30-34(32,33)19-7-2-1-3-8-19/h1-12,15,30H,13-14H2. The second-order valence-electron chi connectivity index (χ2n) is 7.32. The molecule has 2 aromatic heterocycles. The molecule has 0 saturated carbocycles. The Morgan fingerprint density at radius 1 is 0.882 bits per heavy atom. The number of alkyl halides is 3. The van der Waals surface area contributed by atoms with Crippen molar-refractivity contribution in [1.82, 2.24) is 14.9 Å². The van der Waals surface area contributed by atoms with Gasteiger partial charge in [0.2, 0.25) is 0 Å². The Labute approximate surface area is 192 Å². The van der Waals surface area contributed by atoms with E-state index >= 15 is 0 Å². The van der Waals surface area contributed by atoms with E-state index in [0.717, 1.165) is 12.1 Å². The van der Waals surface area contributed by atoms with Crippen LogP contribution in [-0.4, -0.2) is 23.3 Å². The normalized spacial score (nSPS) is 12.0. The molecule has 0 aliphatic carbocycles. The van der Waals surface area contributed by atoms with Crippen LogP contribution < -0.4 is 4.83 Å². The highest BCUT2D eigenvalue weighted by Crippen LogP contribution is 2.37. The fourth-order valence-electron chi connectivity index (χ4n) is 3.45. The van der Waals surface area contributed by atoms with Crippen LogP contribution in [0.4, 0.5) is 17.6 Å². The Hall–Kier alpha value is -3.73. The van der Waals surface area contributed by atoms with Crippen molar-refractivity contribution in [2.75, 3.05) is 4.83 Å². The fraction of sp³-hybridized carbons (Fsp3) is 0.130. The summed E-state index contributed by atoms with van der Waals surface area (Å²) in [4.78, 5) is 6.69. The Morgan fingerprint density at radius 3 is 2.18 bits per heavy atom. The van der Waals surface area contributed by atoms with E-state index in [4.69, 9.17) is 0 Å². The molecule has 0 aliphatic heterocycles. The number of aryl methyl sites for hydroxylation is 1. The van der Waals surface area contributed by atoms with Gasteiger partial charge in [0.05, 0.1) is 10.6 Å². The minimum Gasteiger partial charge on any atom is -0.261 e. The molecule has 0 fully saturated rings. The van der Waals surface area contributed by atoms with Crippen LogP contribution in [0.1, 0.15) is 17.0 Å². The zero-order chi connectivity index (χ0) is 24.3. The van der Waals surface area contributed by atoms with Crippen molar-refractivity contribution in [2.45, 2.75) is 23.9 Å². The highest BCUT2D eigenvalue weighted by Gasteiger charge is 2.40. The summed E-state index contributed by atoms with van der Waals surface area (Å²) in [6, 6.07) is 16.9. The van der Waals surface area contributed by atoms with Gasteiger partial charge in [0.25, 0.3) is 10.0 Å². The molecule has 4 aromatic rings. The quantitative estimate of drug-likeness (QED) is 0.377. The first-order chi connectivity index (χ1) is 16.1. The molecule has 6 nitrogen and oxygen atoms in total. The average Bonchev–Trinajstić information content (AvgIpc) is 3.17. The van der Waals surface area contributed by atoms with Crippen molar-refractivity contribution in [3.05, 3.63) is 102 Å². The van der Waals surface area contributed by atoms with E-state index < -0.39 is 27.7 Å². The molecule has 34 heavy (non-hydrogen) atoms. The van der Waals surface area contributed by atoms with Gasteiger partial charge in [-0.2, -0.15) is 31.2 Å². The summed E-state index contributed by atoms with van der Waals surface area (Å²) in [6.07, 6.45) is -3.32. The van der Waals surface area contributed by atoms with Crippen molar-refractivity contribution in [2.24, 2.45) is 0 Å². The molecule has 2 aromatic carbocycles. The van der Waals surface area contributed by atoms with E-state index in [9.17, 15) is 26.0 Å². The molecule has 0 bridgehead atoms. The largest absolute Gasteiger partial charge is 0.435 e. The van der Waals surface area contributed by atoms with Crippen LogP contribution in [0, 0.1) is 5.82 Å². The number of hydrogen-bond donors (Lipinski definition) is 1. The summed E-state index contributed by atoms with van der Waals surface area (Å²) < 4.78 is 81.2. The maximum atomic E-state index is 14.0. The molecule has 0 amide bonds. The molecular formula is C23H18F4N4O2S. The zero-order valence-corrected chi connectivity index (χ0v) is 18.3. The minimum absolute atomic E-state index is 0.133. The highest BCUT2D eigenvalue weighted by atomic mass is 32.2. The van der Waals surface area contributed by atoms with Crippen molar-refractivity contribution < 1.29 is 26.0 Å². The van der Waals surface area contributed by atoms with Gasteiger partial charge in [-0.05, 0) is 61.4 Å². The van der Waals surface area contributed by atoms with Gasteiger partial charge in [-0.1, -0.05) is 24.3 Å². The molecule has 0 unspecified atom stereocenters. The van der Waals surface area contributed by atoms with Gasteiger partial charge >= 0.3 is 6.18 Å². The molecule has 0 spiro atoms. The van der Waals surface area contributed by atoms with Crippen LogP contribution in [0.2, 0.25) is 0 Å². The molecule has 0 aliphatic rings. The summed E-state index contributed by atoms with van der Waals surface area (Å²) in [5, 5.41) is 3.59. The number of sulfonamides is 1. The SMILES string of the molecule is O=S(=O)(Nn1nc(C(F)(F)F)c(CCc2ccccn2)c1-c1ccc(F)cc1)c1ccccc1. The Kier molecular flexibility index (Phi) is 6.38. The van der Waals surface area contributed by atoms with E-state index in [-0.39, 0.29) is 34.6 Å². The van der Waals surface area contributed by atoms with Gasteiger partial charge in [-0.25, -0.2) is 4.39 Å². The summed E-state index contributed by atoms with van der Waals surface area (Å²) in [5.41, 5.74) is -0.892. The van der Waals surface area contributed by atoms with E-state index in [1.807, 2.05) is 0 Å². The fourth-order valence-corrected chi connectivity index (χ4v) is 4.43. The molecule has 0 radical (unpaired) electrons. The lowest BCUT2D eigenvalue weighted by atomic mass is 10.00. The third kappa shape index (κ3) is 5.09. The molecule has 0 saturated heterocycles. The van der Waals surface area contributed by atoms with Crippen LogP contribution in [0.25, 0.3) is 11.3 Å². The van der Waals surface area contributed by atoms with E-state index in [1.165, 1.54) is 42.6 Å².